The Bertz CT molecular complexity index is 482. The third-order valence-electron chi connectivity index (χ3n) is 3.64. The molecule has 0 aliphatic carbocycles. The molecule has 1 saturated heterocycles. The molecule has 0 spiro atoms. The fourth-order valence-corrected chi connectivity index (χ4v) is 2.70. The van der Waals surface area contributed by atoms with Gasteiger partial charge in [-0.2, -0.15) is 0 Å². The SMILES string of the molecule is CNc1cc(C(=O)N2CCCC(C)(C)C2)cc(C)n1. The lowest BCUT2D eigenvalue weighted by Gasteiger charge is -2.38. The standard InChI is InChI=1S/C15H23N3O/c1-11-8-12(9-13(16-4)17-11)14(19)18-7-5-6-15(2,3)10-18/h8-9H,5-7,10H2,1-4H3,(H,16,17). The van der Waals surface area contributed by atoms with E-state index in [-0.39, 0.29) is 11.3 Å². The van der Waals surface area contributed by atoms with Gasteiger partial charge in [0, 0.05) is 31.4 Å². The van der Waals surface area contributed by atoms with Crippen molar-refractivity contribution in [3.63, 3.8) is 0 Å². The maximum absolute atomic E-state index is 12.6. The lowest BCUT2D eigenvalue weighted by molar-refractivity contribution is 0.0583. The van der Waals surface area contributed by atoms with Crippen LogP contribution in [0.3, 0.4) is 0 Å². The number of hydrogen-bond acceptors (Lipinski definition) is 3. The maximum Gasteiger partial charge on any atom is 0.254 e. The number of amides is 1. The summed E-state index contributed by atoms with van der Waals surface area (Å²) in [6.45, 7) is 8.06. The van der Waals surface area contributed by atoms with Crippen molar-refractivity contribution in [2.75, 3.05) is 25.5 Å². The number of aryl methyl sites for hydroxylation is 1. The second-order valence-corrected chi connectivity index (χ2v) is 6.13. The van der Waals surface area contributed by atoms with E-state index < -0.39 is 0 Å². The van der Waals surface area contributed by atoms with Gasteiger partial charge in [-0.3, -0.25) is 4.79 Å². The highest BCUT2D eigenvalue weighted by Crippen LogP contribution is 2.29. The zero-order valence-electron chi connectivity index (χ0n) is 12.3. The fourth-order valence-electron chi connectivity index (χ4n) is 2.70. The first-order valence-electron chi connectivity index (χ1n) is 6.87. The van der Waals surface area contributed by atoms with Crippen LogP contribution in [-0.2, 0) is 0 Å². The molecule has 1 amide bonds. The van der Waals surface area contributed by atoms with Gasteiger partial charge in [0.2, 0.25) is 0 Å². The van der Waals surface area contributed by atoms with E-state index in [4.69, 9.17) is 0 Å². The number of carbonyl (C=O) groups excluding carboxylic acids is 1. The molecule has 1 aromatic rings. The van der Waals surface area contributed by atoms with E-state index in [1.165, 1.54) is 6.42 Å². The van der Waals surface area contributed by atoms with Gasteiger partial charge in [-0.1, -0.05) is 13.8 Å². The van der Waals surface area contributed by atoms with Crippen molar-refractivity contribution in [2.45, 2.75) is 33.6 Å². The van der Waals surface area contributed by atoms with Crippen LogP contribution in [0, 0.1) is 12.3 Å². The molecule has 0 aromatic carbocycles. The number of anilines is 1. The maximum atomic E-state index is 12.6. The van der Waals surface area contributed by atoms with Gasteiger partial charge in [-0.05, 0) is 37.3 Å². The Labute approximate surface area is 115 Å². The van der Waals surface area contributed by atoms with Crippen LogP contribution in [0.4, 0.5) is 5.82 Å². The number of nitrogens with zero attached hydrogens (tertiary/aromatic N) is 2. The highest BCUT2D eigenvalue weighted by molar-refractivity contribution is 5.95. The van der Waals surface area contributed by atoms with Crippen LogP contribution in [-0.4, -0.2) is 35.9 Å². The molecule has 4 nitrogen and oxygen atoms in total. The largest absolute Gasteiger partial charge is 0.373 e. The van der Waals surface area contributed by atoms with E-state index in [0.29, 0.717) is 0 Å². The number of carbonyl (C=O) groups is 1. The van der Waals surface area contributed by atoms with Gasteiger partial charge in [0.05, 0.1) is 0 Å². The summed E-state index contributed by atoms with van der Waals surface area (Å²) in [6, 6.07) is 3.70. The van der Waals surface area contributed by atoms with E-state index in [1.807, 2.05) is 31.0 Å². The third kappa shape index (κ3) is 3.25. The molecular weight excluding hydrogens is 238 g/mol. The molecular formula is C15H23N3O. The van der Waals surface area contributed by atoms with Crippen molar-refractivity contribution in [1.29, 1.82) is 0 Å². The van der Waals surface area contributed by atoms with Crippen molar-refractivity contribution >= 4 is 11.7 Å². The van der Waals surface area contributed by atoms with Crippen molar-refractivity contribution in [3.05, 3.63) is 23.4 Å². The Kier molecular flexibility index (Phi) is 3.78. The lowest BCUT2D eigenvalue weighted by Crippen LogP contribution is -2.43. The predicted octanol–water partition coefficient (Wildman–Crippen LogP) is 2.69. The van der Waals surface area contributed by atoms with Crippen LogP contribution < -0.4 is 5.32 Å². The third-order valence-corrected chi connectivity index (χ3v) is 3.64. The number of hydrogen-bond donors (Lipinski definition) is 1. The molecule has 1 N–H and O–H groups in total. The molecule has 1 aliphatic heterocycles. The van der Waals surface area contributed by atoms with Gasteiger partial charge in [0.15, 0.2) is 0 Å². The Balaban J connectivity index is 2.21. The van der Waals surface area contributed by atoms with Gasteiger partial charge in [0.1, 0.15) is 5.82 Å². The summed E-state index contributed by atoms with van der Waals surface area (Å²) in [5.74, 6) is 0.870. The molecule has 104 valence electrons. The molecule has 0 bridgehead atoms. The second-order valence-electron chi connectivity index (χ2n) is 6.13. The molecule has 0 atom stereocenters. The highest BCUT2D eigenvalue weighted by Gasteiger charge is 2.29. The first kappa shape index (κ1) is 13.8. The number of likely N-dealkylation sites (tertiary alicyclic amines) is 1. The van der Waals surface area contributed by atoms with Crippen LogP contribution in [0.2, 0.25) is 0 Å². The Morgan fingerprint density at radius 2 is 2.16 bits per heavy atom. The minimum Gasteiger partial charge on any atom is -0.373 e. The molecule has 1 aliphatic rings. The topological polar surface area (TPSA) is 45.2 Å². The number of pyridine rings is 1. The molecule has 1 aromatic heterocycles. The quantitative estimate of drug-likeness (QED) is 0.890. The van der Waals surface area contributed by atoms with E-state index in [1.54, 1.807) is 0 Å². The number of rotatable bonds is 2. The number of piperidine rings is 1. The molecule has 0 unspecified atom stereocenters. The first-order chi connectivity index (χ1) is 8.91. The summed E-state index contributed by atoms with van der Waals surface area (Å²) in [5, 5.41) is 3.00. The van der Waals surface area contributed by atoms with Crippen LogP contribution in [0.1, 0.15) is 42.7 Å². The van der Waals surface area contributed by atoms with Crippen LogP contribution in [0.5, 0.6) is 0 Å². The minimum absolute atomic E-state index is 0.120. The molecule has 0 radical (unpaired) electrons. The fraction of sp³-hybridized carbons (Fsp3) is 0.600. The lowest BCUT2D eigenvalue weighted by atomic mass is 9.84. The normalized spacial score (nSPS) is 18.2. The first-order valence-corrected chi connectivity index (χ1v) is 6.87. The van der Waals surface area contributed by atoms with Crippen LogP contribution >= 0.6 is 0 Å². The van der Waals surface area contributed by atoms with E-state index >= 15 is 0 Å². The van der Waals surface area contributed by atoms with E-state index in [9.17, 15) is 4.79 Å². The van der Waals surface area contributed by atoms with Gasteiger partial charge in [0.25, 0.3) is 5.91 Å². The summed E-state index contributed by atoms with van der Waals surface area (Å²) < 4.78 is 0. The van der Waals surface area contributed by atoms with Gasteiger partial charge in [-0.15, -0.1) is 0 Å². The minimum atomic E-state index is 0.120. The van der Waals surface area contributed by atoms with Gasteiger partial charge in [-0.25, -0.2) is 4.98 Å². The van der Waals surface area contributed by atoms with Crippen LogP contribution in [0.15, 0.2) is 12.1 Å². The average molecular weight is 261 g/mol. The zero-order valence-corrected chi connectivity index (χ0v) is 12.3. The zero-order chi connectivity index (χ0) is 14.0. The smallest absolute Gasteiger partial charge is 0.254 e. The summed E-state index contributed by atoms with van der Waals surface area (Å²) in [6.07, 6.45) is 2.27. The van der Waals surface area contributed by atoms with Crippen molar-refractivity contribution in [3.8, 4) is 0 Å². The molecule has 19 heavy (non-hydrogen) atoms. The molecule has 4 heteroatoms. The number of aromatic nitrogens is 1. The highest BCUT2D eigenvalue weighted by atomic mass is 16.2. The molecule has 2 rings (SSSR count). The average Bonchev–Trinajstić information content (AvgIpc) is 2.35. The molecule has 1 fully saturated rings. The monoisotopic (exact) mass is 261 g/mol. The van der Waals surface area contributed by atoms with Gasteiger partial charge < -0.3 is 10.2 Å². The second kappa shape index (κ2) is 5.19. The van der Waals surface area contributed by atoms with Crippen molar-refractivity contribution in [1.82, 2.24) is 9.88 Å². The molecule has 2 heterocycles. The summed E-state index contributed by atoms with van der Waals surface area (Å²) in [4.78, 5) is 18.9. The van der Waals surface area contributed by atoms with Crippen LogP contribution in [0.25, 0.3) is 0 Å². The summed E-state index contributed by atoms with van der Waals surface area (Å²) >= 11 is 0. The molecule has 0 saturated carbocycles. The number of nitrogens with one attached hydrogen (secondary N) is 1. The van der Waals surface area contributed by atoms with E-state index in [2.05, 4.69) is 24.1 Å². The van der Waals surface area contributed by atoms with E-state index in [0.717, 1.165) is 36.6 Å². The summed E-state index contributed by atoms with van der Waals surface area (Å²) in [5.41, 5.74) is 1.82. The Morgan fingerprint density at radius 3 is 2.79 bits per heavy atom. The van der Waals surface area contributed by atoms with Crippen molar-refractivity contribution < 1.29 is 4.79 Å². The predicted molar refractivity (Wildman–Crippen MR) is 77.4 cm³/mol. The Morgan fingerprint density at radius 1 is 1.42 bits per heavy atom. The summed E-state index contributed by atoms with van der Waals surface area (Å²) in [7, 11) is 1.82. The Hall–Kier alpha value is -1.58. The van der Waals surface area contributed by atoms with Crippen molar-refractivity contribution in [2.24, 2.45) is 5.41 Å². The van der Waals surface area contributed by atoms with Gasteiger partial charge >= 0.3 is 0 Å².